The Morgan fingerprint density at radius 3 is 1.08 bits per heavy atom. The van der Waals surface area contributed by atoms with Gasteiger partial charge in [-0.25, -0.2) is 32.1 Å². The number of nitrogens with one attached hydrogen (secondary N) is 10. The molecule has 0 unspecified atom stereocenters. The number of amides is 10. The van der Waals surface area contributed by atoms with Gasteiger partial charge in [-0.05, 0) is 73.0 Å². The van der Waals surface area contributed by atoms with E-state index in [0.717, 1.165) is 20.9 Å². The molecular weight excluding hydrogens is 1480 g/mol. The summed E-state index contributed by atoms with van der Waals surface area (Å²) in [5, 5.41) is 0. The fourth-order valence-electron chi connectivity index (χ4n) is 4.46. The lowest BCUT2D eigenvalue weighted by atomic mass is 10.1. The first-order chi connectivity index (χ1) is 47.6. The van der Waals surface area contributed by atoms with Crippen LogP contribution in [-0.2, 0) is 112 Å². The van der Waals surface area contributed by atoms with E-state index in [9.17, 15) is 67.1 Å². The fourth-order valence-corrected chi connectivity index (χ4v) is 6.97. The molecule has 4 aliphatic rings. The summed E-state index contributed by atoms with van der Waals surface area (Å²) in [6.07, 6.45) is 19.9. The number of ether oxygens (including phenoxy) is 6. The number of hydrazine groups is 6. The molecule has 3 aliphatic heterocycles. The molecule has 14 N–H and O–H groups in total. The molecule has 10 amide bonds. The maximum atomic E-state index is 11.4. The van der Waals surface area contributed by atoms with E-state index in [0.29, 0.717) is 31.4 Å². The minimum atomic E-state index is -0.779. The molecule has 3 saturated heterocycles. The molecule has 3 heterocycles. The van der Waals surface area contributed by atoms with Crippen molar-refractivity contribution >= 4 is 191 Å². The van der Waals surface area contributed by atoms with Crippen LogP contribution in [0.1, 0.15) is 82.6 Å². The van der Waals surface area contributed by atoms with E-state index in [1.54, 1.807) is 66.7 Å². The number of benzene rings is 1. The number of esters is 4. The van der Waals surface area contributed by atoms with E-state index in [2.05, 4.69) is 68.9 Å². The minimum absolute atomic E-state index is 0.0383. The molecule has 1 aromatic carbocycles. The topological polar surface area (TPSA) is 535 Å². The highest BCUT2D eigenvalue weighted by Gasteiger charge is 2.14. The molecule has 3 fully saturated rings. The summed E-state index contributed by atoms with van der Waals surface area (Å²) in [5.41, 5.74) is 22.9. The number of hydrogen-bond acceptors (Lipinski definition) is 34. The fraction of sp³-hybridized carbons (Fsp3) is 0.482. The predicted octanol–water partition coefficient (Wildman–Crippen LogP) is 2.25. The van der Waals surface area contributed by atoms with Gasteiger partial charge in [0.05, 0.1) is 54.1 Å². The van der Waals surface area contributed by atoms with Crippen LogP contribution in [0.15, 0.2) is 65.6 Å². The van der Waals surface area contributed by atoms with Crippen LogP contribution in [0.4, 0.5) is 9.59 Å². The van der Waals surface area contributed by atoms with Crippen molar-refractivity contribution in [1.82, 2.24) is 54.3 Å². The maximum Gasteiger partial charge on any atom is 0.426 e. The molecule has 36 nitrogen and oxygen atoms in total. The van der Waals surface area contributed by atoms with Crippen molar-refractivity contribution < 1.29 is 115 Å². The predicted molar refractivity (Wildman–Crippen MR) is 383 cm³/mol. The van der Waals surface area contributed by atoms with Crippen molar-refractivity contribution in [2.75, 3.05) is 89.8 Å². The number of carbonyl (C=O) groups is 14. The van der Waals surface area contributed by atoms with Gasteiger partial charge >= 0.3 is 48.4 Å². The van der Waals surface area contributed by atoms with Crippen LogP contribution in [0.5, 0.6) is 0 Å². The van der Waals surface area contributed by atoms with Crippen molar-refractivity contribution in [2.45, 2.75) is 88.6 Å². The van der Waals surface area contributed by atoms with E-state index in [1.165, 1.54) is 39.9 Å². The first-order valence-electron chi connectivity index (χ1n) is 27.8. The third kappa shape index (κ3) is 89.8. The van der Waals surface area contributed by atoms with Gasteiger partial charge < -0.3 is 28.4 Å². The number of methoxy groups -OCH3 is 4. The van der Waals surface area contributed by atoms with Crippen LogP contribution < -0.4 is 65.9 Å². The van der Waals surface area contributed by atoms with Gasteiger partial charge in [-0.3, -0.25) is 101 Å². The lowest BCUT2D eigenvalue weighted by Crippen LogP contribution is -2.46. The molecule has 0 spiro atoms. The largest absolute Gasteiger partial charge is 0.469 e. The standard InChI is InChI=1S/C14H18N2O5S2.C9H16N2O5S2.C7H6S.2C5H10N2O3.2C4H6N2O2.C2H4S.2C2H6S.2CO2/c1-20-13(18)8-7-12(17)15-16-14(19)21-9-10-3-5-11(6-4-10)23-22-2;1-15-8(13)4-3-7(12)10-11-9(14)16-5-6-18-17-2;1-6-2-4-7(8)5-3-6;2*1-10-5(9)3-2-4(8)7-6;2*7-3-1-2-4(8)6-5-3;1-2-3-1;2*1-3-2;2*2-1-3/h3-6H,7-9H2,1-2H3,(H,15,17)(H,16,19);3-6H2,1-2H3,(H,10,12)(H,11,14);2-5H,1H2;2*2-3,6H2,1H3,(H,7,8);2*1-2H2,(H,5,7)(H,6,8);1-2H2;2*1-2H3;;. The second-order valence-electron chi connectivity index (χ2n) is 16.8. The van der Waals surface area contributed by atoms with E-state index >= 15 is 0 Å². The van der Waals surface area contributed by atoms with E-state index in [-0.39, 0.29) is 112 Å². The smallest absolute Gasteiger partial charge is 0.426 e. The molecule has 1 aromatic rings. The van der Waals surface area contributed by atoms with Gasteiger partial charge in [-0.2, -0.15) is 54.5 Å². The van der Waals surface area contributed by atoms with Crippen LogP contribution in [0.2, 0.25) is 0 Å². The lowest BCUT2D eigenvalue weighted by molar-refractivity contribution is -0.193. The number of carbonyl (C=O) groups excluding carboxylic acids is 18. The highest BCUT2D eigenvalue weighted by atomic mass is 33.1. The number of thioether (sulfide) groups is 3. The van der Waals surface area contributed by atoms with E-state index in [4.69, 9.17) is 52.6 Å². The summed E-state index contributed by atoms with van der Waals surface area (Å²) in [4.78, 5) is 184. The molecule has 0 aromatic heterocycles. The second-order valence-corrected chi connectivity index (χ2v) is 25.3. The summed E-state index contributed by atoms with van der Waals surface area (Å²) in [6.45, 7) is 4.07. The third-order valence-electron chi connectivity index (χ3n) is 9.02. The van der Waals surface area contributed by atoms with Gasteiger partial charge in [-0.1, -0.05) is 86.3 Å². The van der Waals surface area contributed by atoms with Gasteiger partial charge in [0.15, 0.2) is 0 Å². The van der Waals surface area contributed by atoms with Crippen molar-refractivity contribution in [3.63, 3.8) is 0 Å². The normalized spacial score (nSPS) is 11.4. The zero-order valence-electron chi connectivity index (χ0n) is 56.6. The van der Waals surface area contributed by atoms with Crippen LogP contribution in [0.3, 0.4) is 0 Å². The van der Waals surface area contributed by atoms with Crippen LogP contribution >= 0.6 is 90.7 Å². The Balaban J connectivity index is -0.000000201. The maximum absolute atomic E-state index is 11.4. The van der Waals surface area contributed by atoms with Crippen molar-refractivity contribution in [3.8, 4) is 0 Å². The summed E-state index contributed by atoms with van der Waals surface area (Å²) in [5.74, 6) is 8.97. The van der Waals surface area contributed by atoms with Crippen LogP contribution in [0, 0.1) is 0 Å². The second kappa shape index (κ2) is 79.8. The molecule has 0 radical (unpaired) electrons. The highest BCUT2D eigenvalue weighted by molar-refractivity contribution is 8.76. The summed E-state index contributed by atoms with van der Waals surface area (Å²) in [7, 11) is 11.4. The molecule has 5 rings (SSSR count). The molecule has 564 valence electrons. The molecule has 100 heavy (non-hydrogen) atoms. The average molecular weight is 1570 g/mol. The molecule has 1 aliphatic carbocycles. The van der Waals surface area contributed by atoms with Gasteiger partial charge in [0.25, 0.3) is 0 Å². The number of rotatable bonds is 20. The zero-order valence-corrected chi connectivity index (χ0v) is 63.1. The Morgan fingerprint density at radius 1 is 0.510 bits per heavy atom. The van der Waals surface area contributed by atoms with Crippen molar-refractivity contribution in [2.24, 2.45) is 11.7 Å². The Morgan fingerprint density at radius 2 is 0.820 bits per heavy atom. The molecular formula is C56H88N12O24S8. The summed E-state index contributed by atoms with van der Waals surface area (Å²) < 4.78 is 27.0. The van der Waals surface area contributed by atoms with Crippen LogP contribution in [-0.4, -0.2) is 190 Å². The number of thiocarbonyl (C=S) groups is 1. The van der Waals surface area contributed by atoms with E-state index < -0.39 is 47.9 Å². The zero-order chi connectivity index (χ0) is 77.7. The van der Waals surface area contributed by atoms with Gasteiger partial charge in [0.2, 0.25) is 47.3 Å². The Labute approximate surface area is 612 Å². The van der Waals surface area contributed by atoms with Gasteiger partial charge in [-0.15, -0.1) is 0 Å². The highest BCUT2D eigenvalue weighted by Crippen LogP contribution is 2.28. The van der Waals surface area contributed by atoms with Crippen molar-refractivity contribution in [3.05, 3.63) is 66.3 Å². The average Bonchev–Trinajstić information content (AvgIpc) is 1.04. The Bertz CT molecular complexity index is 2520. The van der Waals surface area contributed by atoms with Crippen LogP contribution in [0.25, 0.3) is 0 Å². The molecule has 44 heteroatoms. The van der Waals surface area contributed by atoms with Gasteiger partial charge in [0, 0.05) is 78.4 Å². The SMILES string of the molecule is C1CS1.C=C1C=CC(=S)C=C1.COC(=O)CCC(=O)NN.COC(=O)CCC(=O)NN.COC(=O)CCC(=O)NNC(=O)OCCSSC.COC(=O)CCC(=O)NNC(=O)OCc1ccc(SSC)cc1.CSC.CSC.O=C1CCC(=O)NN1.O=C1CCC(=O)NN1.O=C=O.O=C=O. The lowest BCUT2D eigenvalue weighted by Gasteiger charge is -2.10. The van der Waals surface area contributed by atoms with Gasteiger partial charge in [0.1, 0.15) is 13.2 Å². The number of hydrogen-bond donors (Lipinski definition) is 12. The monoisotopic (exact) mass is 1570 g/mol. The summed E-state index contributed by atoms with van der Waals surface area (Å²) >= 11 is 10.3. The molecule has 0 atom stereocenters. The Hall–Kier alpha value is -8.16. The third-order valence-corrected chi connectivity index (χ3v) is 13.2. The molecule has 0 bridgehead atoms. The number of nitrogens with two attached hydrogens (primary N) is 2. The summed E-state index contributed by atoms with van der Waals surface area (Å²) in [6, 6.07) is 7.60. The first kappa shape index (κ1) is 105. The first-order valence-corrected chi connectivity index (χ1v) is 38.0. The molecule has 0 saturated carbocycles. The Kier molecular flexibility index (Phi) is 84.0. The van der Waals surface area contributed by atoms with E-state index in [1.807, 2.05) is 109 Å². The minimum Gasteiger partial charge on any atom is -0.469 e. The van der Waals surface area contributed by atoms with Crippen molar-refractivity contribution in [1.29, 1.82) is 0 Å². The quantitative estimate of drug-likeness (QED) is 0.0102. The number of allylic oxidation sites excluding steroid dienone is 5.